The first-order valence-electron chi connectivity index (χ1n) is 10.7. The predicted octanol–water partition coefficient (Wildman–Crippen LogP) is 1.36. The van der Waals surface area contributed by atoms with Crippen LogP contribution in [-0.4, -0.2) is 54.2 Å². The number of rotatable bonds is 6. The number of nitrogens with zero attached hydrogens (tertiary/aromatic N) is 7. The van der Waals surface area contributed by atoms with Crippen LogP contribution in [0.2, 0.25) is 0 Å². The van der Waals surface area contributed by atoms with Crippen LogP contribution in [0, 0.1) is 0 Å². The summed E-state index contributed by atoms with van der Waals surface area (Å²) in [6.07, 6.45) is 3.17. The number of anilines is 2. The number of aromatic hydroxyl groups is 2. The highest BCUT2D eigenvalue weighted by Crippen LogP contribution is 2.29. The molecule has 2 aromatic heterocycles. The molecule has 1 amide bonds. The van der Waals surface area contributed by atoms with Crippen LogP contribution >= 0.6 is 0 Å². The second kappa shape index (κ2) is 9.13. The highest BCUT2D eigenvalue weighted by atomic mass is 16.6. The minimum atomic E-state index is -0.624. The molecule has 13 heteroatoms. The van der Waals surface area contributed by atoms with Crippen molar-refractivity contribution >= 4 is 23.6 Å². The molecule has 0 atom stereocenters. The number of nitrogen functional groups attached to an aromatic ring is 1. The summed E-state index contributed by atoms with van der Waals surface area (Å²) in [5, 5.41) is 38.7. The molecule has 0 spiro atoms. The Kier molecular flexibility index (Phi) is 5.71. The van der Waals surface area contributed by atoms with E-state index in [0.717, 1.165) is 25.1 Å². The number of phenolic OH excluding ortho intramolecular Hbond substituents is 2. The third-order valence-corrected chi connectivity index (χ3v) is 5.61. The molecular formula is C22H21N9O4. The van der Waals surface area contributed by atoms with E-state index in [1.54, 1.807) is 0 Å². The Balaban J connectivity index is 1.45. The number of para-hydroxylation sites is 1. The van der Waals surface area contributed by atoms with Gasteiger partial charge in [0.1, 0.15) is 11.5 Å². The Morgan fingerprint density at radius 1 is 1.23 bits per heavy atom. The molecule has 13 nitrogen and oxygen atoms in total. The number of aryl methyl sites for hydroxylation is 1. The van der Waals surface area contributed by atoms with Crippen molar-refractivity contribution in [2.45, 2.75) is 19.4 Å². The average molecular weight is 475 g/mol. The molecule has 1 aliphatic heterocycles. The lowest BCUT2D eigenvalue weighted by Gasteiger charge is -2.31. The number of aromatic nitrogens is 5. The molecule has 2 aromatic carbocycles. The molecule has 0 aliphatic carbocycles. The number of nitrogens with two attached hydrogens (primary N) is 1. The van der Waals surface area contributed by atoms with Gasteiger partial charge in [0, 0.05) is 23.9 Å². The summed E-state index contributed by atoms with van der Waals surface area (Å²) in [4.78, 5) is 15.1. The van der Waals surface area contributed by atoms with Crippen molar-refractivity contribution in [1.29, 1.82) is 0 Å². The van der Waals surface area contributed by atoms with Gasteiger partial charge in [-0.05, 0) is 46.9 Å². The van der Waals surface area contributed by atoms with E-state index in [9.17, 15) is 15.0 Å². The van der Waals surface area contributed by atoms with Crippen molar-refractivity contribution in [2.24, 2.45) is 5.10 Å². The molecule has 178 valence electrons. The number of carbonyl (C=O) groups excluding carboxylic acids is 1. The molecule has 0 bridgehead atoms. The van der Waals surface area contributed by atoms with Crippen molar-refractivity contribution in [3.63, 3.8) is 0 Å². The Hall–Kier alpha value is -4.94. The van der Waals surface area contributed by atoms with E-state index < -0.39 is 5.91 Å². The number of hydrazone groups is 1. The van der Waals surface area contributed by atoms with Crippen molar-refractivity contribution in [1.82, 2.24) is 30.7 Å². The molecule has 3 heterocycles. The van der Waals surface area contributed by atoms with Gasteiger partial charge in [0.2, 0.25) is 11.6 Å². The maximum Gasteiger partial charge on any atom is 0.293 e. The number of fused-ring (bicyclic) bond motifs is 1. The summed E-state index contributed by atoms with van der Waals surface area (Å²) in [6, 6.07) is 12.1. The van der Waals surface area contributed by atoms with Crippen LogP contribution in [0.1, 0.15) is 33.7 Å². The van der Waals surface area contributed by atoms with Gasteiger partial charge in [-0.25, -0.2) is 10.1 Å². The third-order valence-electron chi connectivity index (χ3n) is 5.61. The monoisotopic (exact) mass is 475 g/mol. The number of hydrogen-bond acceptors (Lipinski definition) is 11. The quantitative estimate of drug-likeness (QED) is 0.235. The van der Waals surface area contributed by atoms with Crippen LogP contribution in [0.5, 0.6) is 11.5 Å². The molecule has 0 unspecified atom stereocenters. The number of nitrogens with one attached hydrogen (secondary N) is 1. The van der Waals surface area contributed by atoms with E-state index in [0.29, 0.717) is 17.8 Å². The SMILES string of the molecule is Nc1nonc1-n1nnc(C(=O)NN=Cc2ccc(O)cc2O)c1CN1CCCc2ccccc21. The van der Waals surface area contributed by atoms with Gasteiger partial charge in [0.15, 0.2) is 5.69 Å². The predicted molar refractivity (Wildman–Crippen MR) is 124 cm³/mol. The van der Waals surface area contributed by atoms with Gasteiger partial charge in [-0.3, -0.25) is 4.79 Å². The van der Waals surface area contributed by atoms with Gasteiger partial charge in [0.05, 0.1) is 18.5 Å². The van der Waals surface area contributed by atoms with Crippen LogP contribution in [0.4, 0.5) is 11.5 Å². The molecular weight excluding hydrogens is 454 g/mol. The maximum absolute atomic E-state index is 13.0. The molecule has 5 N–H and O–H groups in total. The first kappa shape index (κ1) is 21.9. The van der Waals surface area contributed by atoms with Crippen molar-refractivity contribution < 1.29 is 19.6 Å². The lowest BCUT2D eigenvalue weighted by molar-refractivity contribution is 0.0949. The zero-order valence-electron chi connectivity index (χ0n) is 18.4. The Morgan fingerprint density at radius 2 is 2.09 bits per heavy atom. The molecule has 0 radical (unpaired) electrons. The van der Waals surface area contributed by atoms with Crippen LogP contribution in [0.15, 0.2) is 52.2 Å². The Bertz CT molecular complexity index is 1410. The maximum atomic E-state index is 13.0. The molecule has 1 aliphatic rings. The largest absolute Gasteiger partial charge is 0.508 e. The summed E-state index contributed by atoms with van der Waals surface area (Å²) >= 11 is 0. The fourth-order valence-electron chi connectivity index (χ4n) is 3.94. The van der Waals surface area contributed by atoms with Crippen LogP contribution in [-0.2, 0) is 13.0 Å². The van der Waals surface area contributed by atoms with Gasteiger partial charge < -0.3 is 20.8 Å². The Labute approximate surface area is 198 Å². The first-order valence-corrected chi connectivity index (χ1v) is 10.7. The van der Waals surface area contributed by atoms with Gasteiger partial charge in [-0.1, -0.05) is 23.4 Å². The summed E-state index contributed by atoms with van der Waals surface area (Å²) in [6.45, 7) is 1.07. The smallest absolute Gasteiger partial charge is 0.293 e. The second-order valence-electron chi connectivity index (χ2n) is 7.87. The molecule has 0 fully saturated rings. The van der Waals surface area contributed by atoms with Gasteiger partial charge >= 0.3 is 0 Å². The van der Waals surface area contributed by atoms with Gasteiger partial charge in [-0.15, -0.1) is 5.10 Å². The van der Waals surface area contributed by atoms with E-state index in [4.69, 9.17) is 10.4 Å². The highest BCUT2D eigenvalue weighted by molar-refractivity contribution is 5.94. The summed E-state index contributed by atoms with van der Waals surface area (Å²) in [5.41, 5.74) is 11.3. The summed E-state index contributed by atoms with van der Waals surface area (Å²) < 4.78 is 6.04. The molecule has 0 saturated heterocycles. The topological polar surface area (TPSA) is 181 Å². The number of benzene rings is 2. The number of carbonyl (C=O) groups is 1. The second-order valence-corrected chi connectivity index (χ2v) is 7.87. The highest BCUT2D eigenvalue weighted by Gasteiger charge is 2.27. The summed E-state index contributed by atoms with van der Waals surface area (Å²) in [5.74, 6) is -0.781. The van der Waals surface area contributed by atoms with E-state index in [2.05, 4.69) is 42.1 Å². The zero-order valence-corrected chi connectivity index (χ0v) is 18.4. The molecule has 4 aromatic rings. The zero-order chi connectivity index (χ0) is 24.4. The first-order chi connectivity index (χ1) is 17.0. The van der Waals surface area contributed by atoms with Crippen LogP contribution in [0.3, 0.4) is 0 Å². The van der Waals surface area contributed by atoms with E-state index in [-0.39, 0.29) is 28.8 Å². The van der Waals surface area contributed by atoms with Crippen molar-refractivity contribution in [3.8, 4) is 17.3 Å². The van der Waals surface area contributed by atoms with Crippen molar-refractivity contribution in [2.75, 3.05) is 17.2 Å². The fraction of sp³-hybridized carbons (Fsp3) is 0.182. The minimum Gasteiger partial charge on any atom is -0.508 e. The number of hydrogen-bond donors (Lipinski definition) is 4. The van der Waals surface area contributed by atoms with Crippen LogP contribution in [0.25, 0.3) is 5.82 Å². The fourth-order valence-corrected chi connectivity index (χ4v) is 3.94. The van der Waals surface area contributed by atoms with Gasteiger partial charge in [0.25, 0.3) is 5.91 Å². The van der Waals surface area contributed by atoms with E-state index >= 15 is 0 Å². The lowest BCUT2D eigenvalue weighted by atomic mass is 10.0. The molecule has 0 saturated carbocycles. The Morgan fingerprint density at radius 3 is 2.89 bits per heavy atom. The molecule has 5 rings (SSSR count). The van der Waals surface area contributed by atoms with Crippen molar-refractivity contribution in [3.05, 3.63) is 65.0 Å². The molecule has 35 heavy (non-hydrogen) atoms. The third kappa shape index (κ3) is 4.34. The van der Waals surface area contributed by atoms with E-state index in [1.165, 1.54) is 34.7 Å². The van der Waals surface area contributed by atoms with E-state index in [1.807, 2.05) is 18.2 Å². The number of amides is 1. The van der Waals surface area contributed by atoms with Gasteiger partial charge in [-0.2, -0.15) is 9.78 Å². The standard InChI is InChI=1S/C22H21N9O4/c23-20-21(28-35-27-20)31-17(12-30-9-3-5-13-4-1-2-6-16(13)30)19(25-29-31)22(34)26-24-11-14-7-8-15(32)10-18(14)33/h1-2,4,6-8,10-11,32-33H,3,5,9,12H2,(H2,23,27)(H,26,34). The lowest BCUT2D eigenvalue weighted by Crippen LogP contribution is -2.31. The summed E-state index contributed by atoms with van der Waals surface area (Å²) in [7, 11) is 0. The van der Waals surface area contributed by atoms with Crippen LogP contribution < -0.4 is 16.1 Å². The average Bonchev–Trinajstić information content (AvgIpc) is 3.46. The number of phenols is 2. The minimum absolute atomic E-state index is 0.00276. The normalized spacial score (nSPS) is 13.2.